The number of aryl methyl sites for hydroxylation is 1. The average Bonchev–Trinajstić information content (AvgIpc) is 2.99. The molecule has 1 N–H and O–H groups in total. The summed E-state index contributed by atoms with van der Waals surface area (Å²) >= 11 is 0. The van der Waals surface area contributed by atoms with Crippen LogP contribution in [-0.2, 0) is 6.42 Å². The van der Waals surface area contributed by atoms with E-state index < -0.39 is 0 Å². The first kappa shape index (κ1) is 30.5. The molecular weight excluding hydrogens is 508 g/mol. The standard InChI is InChI=1S/C36H48N2O3/c1-25(2)31-15-10-16-32(26(3)4)35(31)37-36(39)38(23-11-12-27-17-22-33(40-5)34(24-27)41-6)30-20-18-29(19-21-30)28-13-8-7-9-14-28/h7-10,13-17,22,24-26,29-30H,11-12,18-21,23H2,1-6H3,(H,37,39)/t29-,30-. The Bertz CT molecular complexity index is 1240. The number of ether oxygens (including phenoxy) is 2. The first-order valence-corrected chi connectivity index (χ1v) is 15.3. The predicted molar refractivity (Wildman–Crippen MR) is 170 cm³/mol. The van der Waals surface area contributed by atoms with Crippen molar-refractivity contribution in [1.29, 1.82) is 0 Å². The molecule has 0 unspecified atom stereocenters. The van der Waals surface area contributed by atoms with E-state index in [9.17, 15) is 4.79 Å². The first-order chi connectivity index (χ1) is 19.8. The Labute approximate surface area is 247 Å². The van der Waals surface area contributed by atoms with Gasteiger partial charge in [-0.3, -0.25) is 0 Å². The van der Waals surface area contributed by atoms with Gasteiger partial charge >= 0.3 is 6.03 Å². The second kappa shape index (κ2) is 14.4. The van der Waals surface area contributed by atoms with Crippen LogP contribution in [0.1, 0.15) is 99.8 Å². The number of hydrogen-bond acceptors (Lipinski definition) is 3. The van der Waals surface area contributed by atoms with Gasteiger partial charge in [0.05, 0.1) is 14.2 Å². The van der Waals surface area contributed by atoms with E-state index in [1.54, 1.807) is 14.2 Å². The molecule has 2 amide bonds. The summed E-state index contributed by atoms with van der Waals surface area (Å²) in [7, 11) is 3.32. The highest BCUT2D eigenvalue weighted by atomic mass is 16.5. The zero-order chi connectivity index (χ0) is 29.4. The summed E-state index contributed by atoms with van der Waals surface area (Å²) in [5.74, 6) is 2.69. The van der Waals surface area contributed by atoms with Gasteiger partial charge in [0.15, 0.2) is 11.5 Å². The largest absolute Gasteiger partial charge is 0.493 e. The summed E-state index contributed by atoms with van der Waals surface area (Å²) in [6.45, 7) is 9.49. The van der Waals surface area contributed by atoms with Crippen molar-refractivity contribution in [2.24, 2.45) is 0 Å². The highest BCUT2D eigenvalue weighted by molar-refractivity contribution is 5.91. The quantitative estimate of drug-likeness (QED) is 0.256. The van der Waals surface area contributed by atoms with E-state index >= 15 is 0 Å². The lowest BCUT2D eigenvalue weighted by atomic mass is 9.81. The number of hydrogen-bond donors (Lipinski definition) is 1. The van der Waals surface area contributed by atoms with Crippen molar-refractivity contribution in [3.63, 3.8) is 0 Å². The summed E-state index contributed by atoms with van der Waals surface area (Å²) in [4.78, 5) is 16.2. The van der Waals surface area contributed by atoms with Crippen LogP contribution in [0.4, 0.5) is 10.5 Å². The van der Waals surface area contributed by atoms with E-state index in [4.69, 9.17) is 9.47 Å². The van der Waals surface area contributed by atoms with Crippen molar-refractivity contribution >= 4 is 11.7 Å². The van der Waals surface area contributed by atoms with Gasteiger partial charge in [-0.2, -0.15) is 0 Å². The summed E-state index contributed by atoms with van der Waals surface area (Å²) in [5.41, 5.74) is 5.99. The van der Waals surface area contributed by atoms with Gasteiger partial charge in [0.1, 0.15) is 0 Å². The van der Waals surface area contributed by atoms with Gasteiger partial charge in [-0.25, -0.2) is 4.79 Å². The number of nitrogens with one attached hydrogen (secondary N) is 1. The lowest BCUT2D eigenvalue weighted by molar-refractivity contribution is 0.161. The summed E-state index contributed by atoms with van der Waals surface area (Å²) in [5, 5.41) is 3.41. The van der Waals surface area contributed by atoms with Gasteiger partial charge in [-0.05, 0) is 90.7 Å². The van der Waals surface area contributed by atoms with Crippen molar-refractivity contribution in [2.45, 2.75) is 90.0 Å². The SMILES string of the molecule is COc1ccc(CCCN(C(=O)Nc2c(C(C)C)cccc2C(C)C)[C@H]2CC[C@H](c3ccccc3)CC2)cc1OC. The molecule has 0 aliphatic heterocycles. The molecule has 4 rings (SSSR count). The fraction of sp³-hybridized carbons (Fsp3) is 0.472. The number of urea groups is 1. The van der Waals surface area contributed by atoms with Crippen molar-refractivity contribution in [1.82, 2.24) is 4.90 Å². The number of nitrogens with zero attached hydrogens (tertiary/aromatic N) is 1. The third-order valence-electron chi connectivity index (χ3n) is 8.59. The molecule has 1 aliphatic carbocycles. The Hall–Kier alpha value is -3.47. The average molecular weight is 557 g/mol. The number of methoxy groups -OCH3 is 2. The minimum absolute atomic E-state index is 0.0236. The number of para-hydroxylation sites is 1. The summed E-state index contributed by atoms with van der Waals surface area (Å²) in [6, 6.07) is 23.6. The van der Waals surface area contributed by atoms with E-state index in [0.717, 1.165) is 55.7 Å². The highest BCUT2D eigenvalue weighted by Crippen LogP contribution is 2.37. The maximum atomic E-state index is 14.1. The second-order valence-corrected chi connectivity index (χ2v) is 12.0. The molecule has 5 nitrogen and oxygen atoms in total. The molecule has 0 saturated heterocycles. The van der Waals surface area contributed by atoms with Crippen LogP contribution in [0.3, 0.4) is 0 Å². The molecule has 0 aromatic heterocycles. The monoisotopic (exact) mass is 556 g/mol. The molecule has 0 atom stereocenters. The Morgan fingerprint density at radius 2 is 1.46 bits per heavy atom. The highest BCUT2D eigenvalue weighted by Gasteiger charge is 2.30. The van der Waals surface area contributed by atoms with Gasteiger partial charge in [0, 0.05) is 18.3 Å². The smallest absolute Gasteiger partial charge is 0.322 e. The van der Waals surface area contributed by atoms with Gasteiger partial charge in [-0.15, -0.1) is 0 Å². The molecule has 1 aliphatic rings. The molecule has 41 heavy (non-hydrogen) atoms. The number of anilines is 1. The van der Waals surface area contributed by atoms with E-state index in [1.807, 2.05) is 12.1 Å². The van der Waals surface area contributed by atoms with Crippen molar-refractivity contribution in [3.8, 4) is 11.5 Å². The second-order valence-electron chi connectivity index (χ2n) is 12.0. The lowest BCUT2D eigenvalue weighted by Gasteiger charge is -2.37. The zero-order valence-corrected chi connectivity index (χ0v) is 25.8. The van der Waals surface area contributed by atoms with Crippen LogP contribution in [0.15, 0.2) is 66.7 Å². The van der Waals surface area contributed by atoms with Gasteiger partial charge in [0.25, 0.3) is 0 Å². The molecule has 0 bridgehead atoms. The Morgan fingerprint density at radius 3 is 2.05 bits per heavy atom. The number of rotatable bonds is 11. The van der Waals surface area contributed by atoms with Crippen molar-refractivity contribution in [3.05, 3.63) is 89.0 Å². The van der Waals surface area contributed by atoms with Gasteiger partial charge < -0.3 is 19.7 Å². The predicted octanol–water partition coefficient (Wildman–Crippen LogP) is 9.14. The molecule has 1 fully saturated rings. The number of carbonyl (C=O) groups excluding carboxylic acids is 1. The maximum absolute atomic E-state index is 14.1. The van der Waals surface area contributed by atoms with Gasteiger partial charge in [0.2, 0.25) is 0 Å². The Morgan fingerprint density at radius 1 is 0.829 bits per heavy atom. The van der Waals surface area contributed by atoms with E-state index in [-0.39, 0.29) is 12.1 Å². The molecule has 3 aromatic carbocycles. The summed E-state index contributed by atoms with van der Waals surface area (Å²) in [6.07, 6.45) is 5.99. The molecule has 5 heteroatoms. The number of carbonyl (C=O) groups is 1. The minimum Gasteiger partial charge on any atom is -0.493 e. The third kappa shape index (κ3) is 7.63. The Kier molecular flexibility index (Phi) is 10.7. The van der Waals surface area contributed by atoms with E-state index in [2.05, 4.69) is 92.5 Å². The van der Waals surface area contributed by atoms with Gasteiger partial charge in [-0.1, -0.05) is 82.3 Å². The maximum Gasteiger partial charge on any atom is 0.322 e. The van der Waals surface area contributed by atoms with Crippen molar-refractivity contribution < 1.29 is 14.3 Å². The van der Waals surface area contributed by atoms with Crippen LogP contribution in [0.25, 0.3) is 0 Å². The molecule has 0 heterocycles. The summed E-state index contributed by atoms with van der Waals surface area (Å²) < 4.78 is 10.9. The normalized spacial score (nSPS) is 17.0. The first-order valence-electron chi connectivity index (χ1n) is 15.3. The molecular formula is C36H48N2O3. The topological polar surface area (TPSA) is 50.8 Å². The Balaban J connectivity index is 1.53. The van der Waals surface area contributed by atoms with Crippen LogP contribution < -0.4 is 14.8 Å². The molecule has 3 aromatic rings. The van der Waals surface area contributed by atoms with Crippen LogP contribution in [0, 0.1) is 0 Å². The molecule has 220 valence electrons. The molecule has 0 radical (unpaired) electrons. The zero-order valence-electron chi connectivity index (χ0n) is 25.8. The number of benzene rings is 3. The van der Waals surface area contributed by atoms with E-state index in [1.165, 1.54) is 22.3 Å². The fourth-order valence-corrected chi connectivity index (χ4v) is 6.26. The van der Waals surface area contributed by atoms with Crippen LogP contribution in [-0.4, -0.2) is 37.7 Å². The molecule has 1 saturated carbocycles. The van der Waals surface area contributed by atoms with Crippen LogP contribution in [0.5, 0.6) is 11.5 Å². The third-order valence-corrected chi connectivity index (χ3v) is 8.59. The fourth-order valence-electron chi connectivity index (χ4n) is 6.26. The van der Waals surface area contributed by atoms with Crippen LogP contribution in [0.2, 0.25) is 0 Å². The molecule has 0 spiro atoms. The lowest BCUT2D eigenvalue weighted by Crippen LogP contribution is -2.45. The van der Waals surface area contributed by atoms with Crippen LogP contribution >= 0.6 is 0 Å². The van der Waals surface area contributed by atoms with E-state index in [0.29, 0.717) is 24.3 Å². The van der Waals surface area contributed by atoms with Crippen molar-refractivity contribution in [2.75, 3.05) is 26.1 Å². The minimum atomic E-state index is 0.0236. The number of amides is 2.